The highest BCUT2D eigenvalue weighted by atomic mass is 32.1. The van der Waals surface area contributed by atoms with Gasteiger partial charge < -0.3 is 14.6 Å². The van der Waals surface area contributed by atoms with E-state index in [0.29, 0.717) is 5.92 Å². The number of carboxylic acid groups (broad SMARTS) is 1. The number of hydrogen-bond donors (Lipinski definition) is 1. The van der Waals surface area contributed by atoms with Crippen LogP contribution in [-0.2, 0) is 17.9 Å². The van der Waals surface area contributed by atoms with Gasteiger partial charge in [0.2, 0.25) is 0 Å². The lowest BCUT2D eigenvalue weighted by molar-refractivity contribution is -0.122. The number of carbonyl (C=O) groups excluding carboxylic acids is 1. The molecule has 0 radical (unpaired) electrons. The van der Waals surface area contributed by atoms with Gasteiger partial charge in [-0.2, -0.15) is 11.3 Å². The van der Waals surface area contributed by atoms with Crippen LogP contribution in [0, 0.1) is 5.92 Å². The number of carbonyl (C=O) groups is 2. The molecule has 5 rings (SSSR count). The maximum atomic E-state index is 13.1. The van der Waals surface area contributed by atoms with Crippen LogP contribution < -0.4 is 5.56 Å². The number of hydrogen-bond acceptors (Lipinski definition) is 5. The Kier molecular flexibility index (Phi) is 6.34. The average Bonchev–Trinajstić information content (AvgIpc) is 3.45. The molecular formula is C22H27N3O4S. The van der Waals surface area contributed by atoms with Crippen molar-refractivity contribution < 1.29 is 14.7 Å². The average molecular weight is 430 g/mol. The number of likely N-dealkylation sites (tertiary alicyclic amines) is 2. The number of aromatic nitrogens is 1. The molecule has 3 aliphatic heterocycles. The van der Waals surface area contributed by atoms with E-state index >= 15 is 0 Å². The molecule has 2 saturated heterocycles. The molecular weight excluding hydrogens is 402 g/mol. The van der Waals surface area contributed by atoms with Crippen molar-refractivity contribution in [3.8, 4) is 0 Å². The molecule has 2 aromatic heterocycles. The third-order valence-electron chi connectivity index (χ3n) is 6.33. The molecule has 30 heavy (non-hydrogen) atoms. The van der Waals surface area contributed by atoms with Crippen LogP contribution in [0.25, 0.3) is 0 Å². The summed E-state index contributed by atoms with van der Waals surface area (Å²) in [5.41, 5.74) is 3.01. The lowest BCUT2D eigenvalue weighted by Crippen LogP contribution is -2.49. The second kappa shape index (κ2) is 9.14. The second-order valence-corrected chi connectivity index (χ2v) is 9.09. The lowest BCUT2D eigenvalue weighted by atomic mass is 9.82. The largest absolute Gasteiger partial charge is 0.483 e. The molecule has 0 aromatic carbocycles. The smallest absolute Gasteiger partial charge is 0.290 e. The minimum absolute atomic E-state index is 0.132. The Balaban J connectivity index is 0.000000687. The van der Waals surface area contributed by atoms with E-state index in [1.807, 2.05) is 32.4 Å². The van der Waals surface area contributed by atoms with Gasteiger partial charge in [0, 0.05) is 48.7 Å². The molecule has 0 saturated carbocycles. The second-order valence-electron chi connectivity index (χ2n) is 8.31. The van der Waals surface area contributed by atoms with Crippen LogP contribution in [0.1, 0.15) is 46.8 Å². The van der Waals surface area contributed by atoms with Crippen LogP contribution in [0.2, 0.25) is 0 Å². The van der Waals surface area contributed by atoms with Crippen molar-refractivity contribution in [3.05, 3.63) is 56.1 Å². The zero-order valence-corrected chi connectivity index (χ0v) is 17.7. The number of amides is 1. The third kappa shape index (κ3) is 4.20. The molecule has 0 aliphatic carbocycles. The van der Waals surface area contributed by atoms with E-state index in [9.17, 15) is 9.59 Å². The Morgan fingerprint density at radius 1 is 1.17 bits per heavy atom. The van der Waals surface area contributed by atoms with Crippen molar-refractivity contribution in [1.82, 2.24) is 14.4 Å². The van der Waals surface area contributed by atoms with Gasteiger partial charge in [0.1, 0.15) is 0 Å². The van der Waals surface area contributed by atoms with E-state index in [1.165, 1.54) is 12.8 Å². The van der Waals surface area contributed by atoms with Gasteiger partial charge in [-0.1, -0.05) is 6.07 Å². The van der Waals surface area contributed by atoms with Crippen LogP contribution in [0.5, 0.6) is 0 Å². The zero-order chi connectivity index (χ0) is 21.1. The monoisotopic (exact) mass is 429 g/mol. The van der Waals surface area contributed by atoms with Gasteiger partial charge in [-0.25, -0.2) is 0 Å². The summed E-state index contributed by atoms with van der Waals surface area (Å²) in [5.74, 6) is 0.777. The maximum absolute atomic E-state index is 13.1. The fourth-order valence-corrected chi connectivity index (χ4v) is 5.66. The fourth-order valence-electron chi connectivity index (χ4n) is 5.03. The van der Waals surface area contributed by atoms with E-state index < -0.39 is 0 Å². The topological polar surface area (TPSA) is 82.9 Å². The molecule has 2 fully saturated rings. The van der Waals surface area contributed by atoms with Gasteiger partial charge in [0.15, 0.2) is 0 Å². The Hall–Kier alpha value is -2.45. The van der Waals surface area contributed by atoms with Crippen LogP contribution in [0.15, 0.2) is 33.8 Å². The highest BCUT2D eigenvalue weighted by molar-refractivity contribution is 7.08. The van der Waals surface area contributed by atoms with Gasteiger partial charge in [0.05, 0.1) is 5.56 Å². The molecule has 8 heteroatoms. The van der Waals surface area contributed by atoms with Crippen molar-refractivity contribution >= 4 is 23.7 Å². The zero-order valence-electron chi connectivity index (χ0n) is 16.9. The summed E-state index contributed by atoms with van der Waals surface area (Å²) in [7, 11) is 0. The van der Waals surface area contributed by atoms with Crippen LogP contribution in [0.3, 0.4) is 0 Å². The molecule has 2 atom stereocenters. The molecule has 160 valence electrons. The van der Waals surface area contributed by atoms with Crippen molar-refractivity contribution in [2.75, 3.05) is 26.2 Å². The normalized spacial score (nSPS) is 22.7. The van der Waals surface area contributed by atoms with Gasteiger partial charge in [-0.3, -0.25) is 19.3 Å². The molecule has 7 nitrogen and oxygen atoms in total. The SMILES string of the molecule is O=C(c1ccsc1)N1C[C@@H]2C[C@H](C1)c1ccc(CN3CCCC3)c(=O)n1C2.O=CO. The summed E-state index contributed by atoms with van der Waals surface area (Å²) in [6.45, 7) is 4.95. The standard InChI is InChI=1S/C21H25N3O2S.CH2O2/c25-20(17-5-8-27-14-17)23-10-15-9-18(13-23)19-4-3-16(21(26)24(19)11-15)12-22-6-1-2-7-22;2-1-3/h3-5,8,14-15,18H,1-2,6-7,9-13H2;1H,(H,2,3)/t15-,18+;/m0./s1. The number of nitrogens with zero attached hydrogens (tertiary/aromatic N) is 3. The summed E-state index contributed by atoms with van der Waals surface area (Å²) in [4.78, 5) is 38.6. The van der Waals surface area contributed by atoms with Gasteiger partial charge in [0.25, 0.3) is 17.9 Å². The first-order valence-corrected chi connectivity index (χ1v) is 11.4. The van der Waals surface area contributed by atoms with Crippen LogP contribution >= 0.6 is 11.3 Å². The Morgan fingerprint density at radius 3 is 2.63 bits per heavy atom. The van der Waals surface area contributed by atoms with E-state index in [-0.39, 0.29) is 23.9 Å². The number of fused-ring (bicyclic) bond motifs is 4. The first kappa shape index (κ1) is 20.8. The van der Waals surface area contributed by atoms with E-state index in [0.717, 1.165) is 62.5 Å². The molecule has 2 bridgehead atoms. The maximum Gasteiger partial charge on any atom is 0.290 e. The number of thiophene rings is 1. The molecule has 0 unspecified atom stereocenters. The Labute approximate surface area is 179 Å². The van der Waals surface area contributed by atoms with E-state index in [1.54, 1.807) is 11.3 Å². The number of rotatable bonds is 3. The lowest BCUT2D eigenvalue weighted by Gasteiger charge is -2.43. The molecule has 1 amide bonds. The van der Waals surface area contributed by atoms with Crippen molar-refractivity contribution in [2.45, 2.75) is 38.3 Å². The minimum atomic E-state index is -0.250. The van der Waals surface area contributed by atoms with E-state index in [4.69, 9.17) is 9.90 Å². The van der Waals surface area contributed by atoms with Crippen molar-refractivity contribution in [3.63, 3.8) is 0 Å². The predicted octanol–water partition coefficient (Wildman–Crippen LogP) is 2.47. The first-order valence-electron chi connectivity index (χ1n) is 10.4. The predicted molar refractivity (Wildman–Crippen MR) is 115 cm³/mol. The van der Waals surface area contributed by atoms with Gasteiger partial charge in [-0.15, -0.1) is 0 Å². The summed E-state index contributed by atoms with van der Waals surface area (Å²) in [5, 5.41) is 10.8. The minimum Gasteiger partial charge on any atom is -0.483 e. The highest BCUT2D eigenvalue weighted by Gasteiger charge is 2.37. The van der Waals surface area contributed by atoms with Crippen molar-refractivity contribution in [1.29, 1.82) is 0 Å². The van der Waals surface area contributed by atoms with Gasteiger partial charge >= 0.3 is 0 Å². The molecule has 2 aromatic rings. The van der Waals surface area contributed by atoms with Crippen LogP contribution in [-0.4, -0.2) is 58.0 Å². The van der Waals surface area contributed by atoms with Crippen molar-refractivity contribution in [2.24, 2.45) is 5.92 Å². The fraction of sp³-hybridized carbons (Fsp3) is 0.500. The van der Waals surface area contributed by atoms with Crippen LogP contribution in [0.4, 0.5) is 0 Å². The molecule has 0 spiro atoms. The summed E-state index contributed by atoms with van der Waals surface area (Å²) in [6, 6.07) is 6.08. The highest BCUT2D eigenvalue weighted by Crippen LogP contribution is 2.35. The first-order chi connectivity index (χ1) is 14.6. The molecule has 1 N–H and O–H groups in total. The molecule has 3 aliphatic rings. The summed E-state index contributed by atoms with van der Waals surface area (Å²) >= 11 is 1.56. The third-order valence-corrected chi connectivity index (χ3v) is 7.01. The molecule has 5 heterocycles. The van der Waals surface area contributed by atoms with E-state index in [2.05, 4.69) is 11.0 Å². The summed E-state index contributed by atoms with van der Waals surface area (Å²) < 4.78 is 2.01. The summed E-state index contributed by atoms with van der Waals surface area (Å²) in [6.07, 6.45) is 3.56. The quantitative estimate of drug-likeness (QED) is 0.758. The Morgan fingerprint density at radius 2 is 1.93 bits per heavy atom. The Bertz CT molecular complexity index is 950. The van der Waals surface area contributed by atoms with Gasteiger partial charge in [-0.05, 0) is 55.8 Å². The number of pyridine rings is 1. The number of piperidine rings is 1.